The largest absolute Gasteiger partial charge is 0.497 e. The van der Waals surface area contributed by atoms with Crippen LogP contribution in [0.5, 0.6) is 5.75 Å². The normalized spacial score (nSPS) is 13.7. The van der Waals surface area contributed by atoms with Crippen molar-refractivity contribution in [3.05, 3.63) is 64.7 Å². The van der Waals surface area contributed by atoms with Gasteiger partial charge in [-0.05, 0) is 69.0 Å². The number of benzene rings is 2. The van der Waals surface area contributed by atoms with Gasteiger partial charge >= 0.3 is 12.1 Å². The second-order valence-corrected chi connectivity index (χ2v) is 11.9. The zero-order chi connectivity index (χ0) is 34.1. The van der Waals surface area contributed by atoms with Crippen molar-refractivity contribution in [2.24, 2.45) is 5.92 Å². The molecule has 0 saturated carbocycles. The van der Waals surface area contributed by atoms with E-state index in [0.29, 0.717) is 5.75 Å². The molecule has 0 aliphatic heterocycles. The summed E-state index contributed by atoms with van der Waals surface area (Å²) in [5.74, 6) is -6.15. The summed E-state index contributed by atoms with van der Waals surface area (Å²) in [4.78, 5) is 64.7. The Kier molecular flexibility index (Phi) is 13.0. The average Bonchev–Trinajstić information content (AvgIpc) is 2.94. The van der Waals surface area contributed by atoms with Gasteiger partial charge in [0.05, 0.1) is 13.2 Å². The van der Waals surface area contributed by atoms with E-state index in [-0.39, 0.29) is 29.0 Å². The molecule has 0 spiro atoms. The molecule has 246 valence electrons. The first-order chi connectivity index (χ1) is 20.8. The van der Waals surface area contributed by atoms with E-state index in [1.807, 2.05) is 0 Å². The SMILES string of the molecule is COc1ccc([C@H](NC(=O)[C@H](CCC(=O)OC(C)(C)C)NC(=O)c2cccc(Cl)c2)C(=O)N[C@H](C(=O)C(F)(F)F)C(C)C)cc1. The van der Waals surface area contributed by atoms with Crippen molar-refractivity contribution in [2.75, 3.05) is 7.11 Å². The van der Waals surface area contributed by atoms with Crippen molar-refractivity contribution in [3.63, 3.8) is 0 Å². The molecule has 45 heavy (non-hydrogen) atoms. The van der Waals surface area contributed by atoms with E-state index < -0.39 is 65.3 Å². The van der Waals surface area contributed by atoms with E-state index in [9.17, 15) is 37.1 Å². The lowest BCUT2D eigenvalue weighted by molar-refractivity contribution is -0.175. The number of esters is 1. The first-order valence-corrected chi connectivity index (χ1v) is 14.3. The smallest absolute Gasteiger partial charge is 0.452 e. The Hall–Kier alpha value is -4.13. The van der Waals surface area contributed by atoms with Crippen molar-refractivity contribution in [2.45, 2.75) is 77.4 Å². The summed E-state index contributed by atoms with van der Waals surface area (Å²) in [6, 6.07) is 6.63. The van der Waals surface area contributed by atoms with Crippen LogP contribution in [0.4, 0.5) is 13.2 Å². The number of Topliss-reactive ketones (excluding diaryl/α,β-unsaturated/α-hetero) is 1. The van der Waals surface area contributed by atoms with Gasteiger partial charge in [-0.15, -0.1) is 0 Å². The Balaban J connectivity index is 2.44. The van der Waals surface area contributed by atoms with Gasteiger partial charge < -0.3 is 25.4 Å². The van der Waals surface area contributed by atoms with Gasteiger partial charge in [-0.1, -0.05) is 43.6 Å². The summed E-state index contributed by atoms with van der Waals surface area (Å²) in [5, 5.41) is 7.34. The van der Waals surface area contributed by atoms with Crippen molar-refractivity contribution in [3.8, 4) is 5.75 Å². The Morgan fingerprint density at radius 3 is 2.02 bits per heavy atom. The highest BCUT2D eigenvalue weighted by molar-refractivity contribution is 6.31. The molecule has 0 fully saturated rings. The van der Waals surface area contributed by atoms with Crippen molar-refractivity contribution < 1.29 is 46.6 Å². The monoisotopic (exact) mass is 655 g/mol. The van der Waals surface area contributed by atoms with Crippen LogP contribution in [0.1, 0.15) is 69.4 Å². The number of hydrogen-bond acceptors (Lipinski definition) is 7. The van der Waals surface area contributed by atoms with E-state index in [4.69, 9.17) is 21.1 Å². The van der Waals surface area contributed by atoms with Crippen LogP contribution >= 0.6 is 11.6 Å². The molecule has 2 aromatic carbocycles. The number of rotatable bonds is 13. The van der Waals surface area contributed by atoms with Gasteiger partial charge in [-0.3, -0.25) is 24.0 Å². The lowest BCUT2D eigenvalue weighted by atomic mass is 9.97. The van der Waals surface area contributed by atoms with Gasteiger partial charge in [0.15, 0.2) is 0 Å². The molecule has 0 radical (unpaired) electrons. The number of carbonyl (C=O) groups is 5. The second kappa shape index (κ2) is 15.7. The van der Waals surface area contributed by atoms with Crippen LogP contribution in [0.3, 0.4) is 0 Å². The fourth-order valence-corrected chi connectivity index (χ4v) is 4.27. The zero-order valence-corrected chi connectivity index (χ0v) is 26.5. The Morgan fingerprint density at radius 1 is 0.889 bits per heavy atom. The fraction of sp³-hybridized carbons (Fsp3) is 0.452. The summed E-state index contributed by atoms with van der Waals surface area (Å²) in [6.45, 7) is 7.62. The molecule has 0 aliphatic rings. The highest BCUT2D eigenvalue weighted by atomic mass is 35.5. The standard InChI is InChI=1S/C31H37ClF3N3O7/c1-17(2)24(26(40)31(33,34)35)37-29(43)25(18-10-12-21(44-6)13-11-18)38-28(42)22(14-15-23(39)45-30(3,4)5)36-27(41)19-8-7-9-20(32)16-19/h7-13,16-17,22,24-25H,14-15H2,1-6H3,(H,36,41)(H,37,43)(H,38,42)/t22-,24-,25-/m0/s1. The lowest BCUT2D eigenvalue weighted by Gasteiger charge is -2.27. The third-order valence-corrected chi connectivity index (χ3v) is 6.53. The first-order valence-electron chi connectivity index (χ1n) is 14.0. The average molecular weight is 656 g/mol. The Morgan fingerprint density at radius 2 is 1.51 bits per heavy atom. The highest BCUT2D eigenvalue weighted by Crippen LogP contribution is 2.24. The van der Waals surface area contributed by atoms with Crippen molar-refractivity contribution >= 4 is 41.1 Å². The number of halogens is 4. The molecule has 0 saturated heterocycles. The quantitative estimate of drug-likeness (QED) is 0.266. The second-order valence-electron chi connectivity index (χ2n) is 11.5. The molecule has 2 aromatic rings. The molecule has 3 amide bonds. The Labute approximate surface area is 264 Å². The molecule has 14 heteroatoms. The molecular formula is C31H37ClF3N3O7. The topological polar surface area (TPSA) is 140 Å². The maximum atomic E-state index is 13.6. The number of hydrogen-bond donors (Lipinski definition) is 3. The number of carbonyl (C=O) groups excluding carboxylic acids is 5. The molecule has 10 nitrogen and oxygen atoms in total. The van der Waals surface area contributed by atoms with Gasteiger partial charge in [0, 0.05) is 17.0 Å². The maximum Gasteiger partial charge on any atom is 0.452 e. The minimum atomic E-state index is -5.22. The van der Waals surface area contributed by atoms with E-state index >= 15 is 0 Å². The van der Waals surface area contributed by atoms with Crippen molar-refractivity contribution in [1.82, 2.24) is 16.0 Å². The van der Waals surface area contributed by atoms with Crippen LogP contribution in [0.2, 0.25) is 5.02 Å². The molecule has 0 aromatic heterocycles. The van der Waals surface area contributed by atoms with Crippen LogP contribution in [-0.4, -0.2) is 60.4 Å². The van der Waals surface area contributed by atoms with Crippen LogP contribution in [0.25, 0.3) is 0 Å². The molecule has 0 unspecified atom stereocenters. The Bertz CT molecular complexity index is 1380. The van der Waals surface area contributed by atoms with E-state index in [0.717, 1.165) is 0 Å². The van der Waals surface area contributed by atoms with Crippen LogP contribution in [-0.2, 0) is 23.9 Å². The molecule has 3 atom stereocenters. The van der Waals surface area contributed by atoms with E-state index in [1.165, 1.54) is 69.5 Å². The van der Waals surface area contributed by atoms with Gasteiger partial charge in [-0.2, -0.15) is 13.2 Å². The lowest BCUT2D eigenvalue weighted by Crippen LogP contribution is -2.54. The van der Waals surface area contributed by atoms with Gasteiger partial charge in [0.1, 0.15) is 23.4 Å². The maximum absolute atomic E-state index is 13.6. The molecule has 3 N–H and O–H groups in total. The summed E-state index contributed by atoms with van der Waals surface area (Å²) in [6.07, 6.45) is -5.79. The van der Waals surface area contributed by atoms with Crippen LogP contribution in [0, 0.1) is 5.92 Å². The predicted octanol–water partition coefficient (Wildman–Crippen LogP) is 4.70. The number of methoxy groups -OCH3 is 1. The number of ether oxygens (including phenoxy) is 2. The summed E-state index contributed by atoms with van der Waals surface area (Å²) >= 11 is 5.99. The number of ketones is 1. The van der Waals surface area contributed by atoms with Gasteiger partial charge in [0.2, 0.25) is 11.8 Å². The number of amides is 3. The predicted molar refractivity (Wildman–Crippen MR) is 159 cm³/mol. The molecule has 0 aliphatic carbocycles. The first kappa shape index (κ1) is 37.1. The van der Waals surface area contributed by atoms with Crippen molar-refractivity contribution in [1.29, 1.82) is 0 Å². The highest BCUT2D eigenvalue weighted by Gasteiger charge is 2.45. The van der Waals surface area contributed by atoms with Crippen LogP contribution in [0.15, 0.2) is 48.5 Å². The molecule has 0 heterocycles. The third-order valence-electron chi connectivity index (χ3n) is 6.29. The minimum Gasteiger partial charge on any atom is -0.497 e. The molecule has 0 bridgehead atoms. The summed E-state index contributed by atoms with van der Waals surface area (Å²) < 4.78 is 50.3. The minimum absolute atomic E-state index is 0.104. The molecule has 2 rings (SSSR count). The summed E-state index contributed by atoms with van der Waals surface area (Å²) in [7, 11) is 1.40. The number of alkyl halides is 3. The van der Waals surface area contributed by atoms with Crippen LogP contribution < -0.4 is 20.7 Å². The zero-order valence-electron chi connectivity index (χ0n) is 25.7. The molecular weight excluding hydrogens is 619 g/mol. The van der Waals surface area contributed by atoms with Gasteiger partial charge in [0.25, 0.3) is 11.7 Å². The fourth-order valence-electron chi connectivity index (χ4n) is 4.08. The van der Waals surface area contributed by atoms with E-state index in [2.05, 4.69) is 16.0 Å². The van der Waals surface area contributed by atoms with Gasteiger partial charge in [-0.25, -0.2) is 0 Å². The number of nitrogens with one attached hydrogen (secondary N) is 3. The summed E-state index contributed by atoms with van der Waals surface area (Å²) in [5.41, 5.74) is -0.583. The third kappa shape index (κ3) is 11.7. The van der Waals surface area contributed by atoms with E-state index in [1.54, 1.807) is 20.8 Å².